The van der Waals surface area contributed by atoms with Crippen molar-refractivity contribution < 1.29 is 13.2 Å². The third-order valence-corrected chi connectivity index (χ3v) is 7.69. The van der Waals surface area contributed by atoms with Crippen LogP contribution >= 0.6 is 0 Å². The second kappa shape index (κ2) is 8.24. The van der Waals surface area contributed by atoms with E-state index in [9.17, 15) is 13.7 Å². The lowest BCUT2D eigenvalue weighted by molar-refractivity contribution is 0.0531. The number of benzene rings is 2. The second-order valence-electron chi connectivity index (χ2n) is 7.39. The molecule has 1 heterocycles. The number of ether oxygens (including phenoxy) is 1. The number of sulfone groups is 1. The van der Waals surface area contributed by atoms with E-state index >= 15 is 0 Å². The molecule has 0 saturated carbocycles. The maximum absolute atomic E-state index is 12.4. The normalized spacial score (nSPS) is 20.4. The van der Waals surface area contributed by atoms with Crippen LogP contribution in [0.1, 0.15) is 37.3 Å². The van der Waals surface area contributed by atoms with E-state index in [-0.39, 0.29) is 22.8 Å². The molecular formula is C22H25NO3S. The Hall–Kier alpha value is -2.16. The van der Waals surface area contributed by atoms with Crippen molar-refractivity contribution in [2.45, 2.75) is 31.4 Å². The minimum atomic E-state index is -3.09. The molecule has 3 rings (SSSR count). The molecule has 4 nitrogen and oxygen atoms in total. The van der Waals surface area contributed by atoms with Gasteiger partial charge in [0.25, 0.3) is 0 Å². The van der Waals surface area contributed by atoms with Crippen LogP contribution < -0.4 is 0 Å². The fourth-order valence-electron chi connectivity index (χ4n) is 3.58. The summed E-state index contributed by atoms with van der Waals surface area (Å²) in [5, 5.41) is 8.95. The summed E-state index contributed by atoms with van der Waals surface area (Å²) in [4.78, 5) is 0. The minimum absolute atomic E-state index is 0.0726. The van der Waals surface area contributed by atoms with E-state index in [0.717, 1.165) is 23.1 Å². The highest BCUT2D eigenvalue weighted by atomic mass is 32.2. The molecule has 1 saturated heterocycles. The molecule has 0 bridgehead atoms. The molecule has 5 heteroatoms. The van der Waals surface area contributed by atoms with E-state index in [4.69, 9.17) is 4.74 Å². The molecule has 0 aliphatic carbocycles. The Kier molecular flexibility index (Phi) is 5.98. The van der Waals surface area contributed by atoms with E-state index in [0.29, 0.717) is 18.8 Å². The summed E-state index contributed by atoms with van der Waals surface area (Å²) in [6.45, 7) is 4.64. The van der Waals surface area contributed by atoms with E-state index < -0.39 is 9.84 Å². The van der Waals surface area contributed by atoms with Crippen LogP contribution in [0.25, 0.3) is 11.1 Å². The Morgan fingerprint density at radius 2 is 1.85 bits per heavy atom. The van der Waals surface area contributed by atoms with Gasteiger partial charge in [0.1, 0.15) is 0 Å². The number of hydrogen-bond acceptors (Lipinski definition) is 4. The molecule has 2 atom stereocenters. The molecule has 1 aliphatic rings. The average molecular weight is 384 g/mol. The van der Waals surface area contributed by atoms with Gasteiger partial charge in [0.15, 0.2) is 9.84 Å². The van der Waals surface area contributed by atoms with Gasteiger partial charge in [-0.15, -0.1) is 0 Å². The molecule has 0 N–H and O–H groups in total. The molecule has 0 unspecified atom stereocenters. The van der Waals surface area contributed by atoms with Crippen LogP contribution in [-0.2, 0) is 14.6 Å². The van der Waals surface area contributed by atoms with Gasteiger partial charge >= 0.3 is 0 Å². The van der Waals surface area contributed by atoms with Gasteiger partial charge in [0.2, 0.25) is 0 Å². The zero-order valence-electron chi connectivity index (χ0n) is 15.8. The van der Waals surface area contributed by atoms with Crippen LogP contribution in [-0.4, -0.2) is 32.6 Å². The Bertz CT molecular complexity index is 927. The first kappa shape index (κ1) is 19.6. The highest BCUT2D eigenvalue weighted by Crippen LogP contribution is 2.34. The van der Waals surface area contributed by atoms with Gasteiger partial charge in [-0.2, -0.15) is 5.26 Å². The third-order valence-electron chi connectivity index (χ3n) is 5.36. The Labute approximate surface area is 161 Å². The summed E-state index contributed by atoms with van der Waals surface area (Å²) >= 11 is 0. The quantitative estimate of drug-likeness (QED) is 0.777. The topological polar surface area (TPSA) is 67.2 Å². The predicted octanol–water partition coefficient (Wildman–Crippen LogP) is 4.17. The molecule has 0 aromatic heterocycles. The van der Waals surface area contributed by atoms with Crippen molar-refractivity contribution in [2.75, 3.05) is 19.0 Å². The molecule has 27 heavy (non-hydrogen) atoms. The van der Waals surface area contributed by atoms with Crippen LogP contribution in [0.5, 0.6) is 0 Å². The van der Waals surface area contributed by atoms with Crippen LogP contribution in [0.15, 0.2) is 48.5 Å². The summed E-state index contributed by atoms with van der Waals surface area (Å²) < 4.78 is 30.5. The van der Waals surface area contributed by atoms with Crippen LogP contribution in [0, 0.1) is 17.2 Å². The monoisotopic (exact) mass is 383 g/mol. The van der Waals surface area contributed by atoms with Crippen molar-refractivity contribution in [2.24, 2.45) is 5.92 Å². The van der Waals surface area contributed by atoms with Gasteiger partial charge in [0.05, 0.1) is 29.2 Å². The fourth-order valence-corrected chi connectivity index (χ4v) is 4.96. The van der Waals surface area contributed by atoms with Crippen molar-refractivity contribution in [1.29, 1.82) is 5.26 Å². The smallest absolute Gasteiger partial charge is 0.152 e. The summed E-state index contributed by atoms with van der Waals surface area (Å²) in [5.41, 5.74) is 3.63. The summed E-state index contributed by atoms with van der Waals surface area (Å²) in [7, 11) is -3.09. The highest BCUT2D eigenvalue weighted by molar-refractivity contribution is 7.91. The lowest BCUT2D eigenvalue weighted by atomic mass is 9.83. The van der Waals surface area contributed by atoms with E-state index in [1.165, 1.54) is 0 Å². The lowest BCUT2D eigenvalue weighted by Crippen LogP contribution is -2.33. The van der Waals surface area contributed by atoms with E-state index in [1.807, 2.05) is 48.5 Å². The van der Waals surface area contributed by atoms with Gasteiger partial charge in [-0.05, 0) is 48.9 Å². The molecule has 142 valence electrons. The highest BCUT2D eigenvalue weighted by Gasteiger charge is 2.32. The first-order chi connectivity index (χ1) is 12.9. The fraction of sp³-hybridized carbons (Fsp3) is 0.409. The molecule has 2 aromatic carbocycles. The lowest BCUT2D eigenvalue weighted by Gasteiger charge is -2.32. The molecule has 2 aromatic rings. The second-order valence-corrected chi connectivity index (χ2v) is 9.99. The zero-order valence-corrected chi connectivity index (χ0v) is 16.6. The van der Waals surface area contributed by atoms with Gasteiger partial charge in [0, 0.05) is 12.5 Å². The van der Waals surface area contributed by atoms with E-state index in [1.54, 1.807) is 13.8 Å². The maximum atomic E-state index is 12.4. The minimum Gasteiger partial charge on any atom is -0.381 e. The van der Waals surface area contributed by atoms with Crippen LogP contribution in [0.4, 0.5) is 0 Å². The van der Waals surface area contributed by atoms with Crippen molar-refractivity contribution in [3.05, 3.63) is 59.7 Å². The Morgan fingerprint density at radius 3 is 2.52 bits per heavy atom. The van der Waals surface area contributed by atoms with Gasteiger partial charge in [-0.25, -0.2) is 8.42 Å². The average Bonchev–Trinajstić information content (AvgIpc) is 2.68. The van der Waals surface area contributed by atoms with Crippen molar-refractivity contribution >= 4 is 9.84 Å². The number of rotatable bonds is 5. The van der Waals surface area contributed by atoms with Crippen LogP contribution in [0.2, 0.25) is 0 Å². The SMILES string of the molecule is CC(C)S(=O)(=O)C[C@@H]1CCOC[C@H]1c1ccc(-c2ccccc2C#N)cc1. The maximum Gasteiger partial charge on any atom is 0.152 e. The van der Waals surface area contributed by atoms with Crippen molar-refractivity contribution in [3.63, 3.8) is 0 Å². The third kappa shape index (κ3) is 4.40. The van der Waals surface area contributed by atoms with Crippen molar-refractivity contribution in [1.82, 2.24) is 0 Å². The standard InChI is InChI=1S/C22H25NO3S/c1-16(2)27(24,25)15-20-11-12-26-14-22(20)18-9-7-17(8-10-18)21-6-4-3-5-19(21)13-23/h3-10,16,20,22H,11-12,14-15H2,1-2H3/t20-,22-/m0/s1. The van der Waals surface area contributed by atoms with Gasteiger partial charge < -0.3 is 4.74 Å². The van der Waals surface area contributed by atoms with Gasteiger partial charge in [-0.1, -0.05) is 42.5 Å². The molecule has 1 aliphatic heterocycles. The molecular weight excluding hydrogens is 358 g/mol. The van der Waals surface area contributed by atoms with Gasteiger partial charge in [-0.3, -0.25) is 0 Å². The number of nitrogens with zero attached hydrogens (tertiary/aromatic N) is 1. The molecule has 0 spiro atoms. The Balaban J connectivity index is 1.85. The summed E-state index contributed by atoms with van der Waals surface area (Å²) in [6.07, 6.45) is 0.760. The summed E-state index contributed by atoms with van der Waals surface area (Å²) in [6, 6.07) is 17.9. The summed E-state index contributed by atoms with van der Waals surface area (Å²) in [5.74, 6) is 0.355. The zero-order chi connectivity index (χ0) is 19.4. The molecule has 1 fully saturated rings. The predicted molar refractivity (Wildman–Crippen MR) is 107 cm³/mol. The molecule has 0 amide bonds. The first-order valence-electron chi connectivity index (χ1n) is 9.31. The first-order valence-corrected chi connectivity index (χ1v) is 11.0. The largest absolute Gasteiger partial charge is 0.381 e. The number of nitriles is 1. The molecule has 0 radical (unpaired) electrons. The van der Waals surface area contributed by atoms with E-state index in [2.05, 4.69) is 6.07 Å². The Morgan fingerprint density at radius 1 is 1.15 bits per heavy atom. The number of hydrogen-bond donors (Lipinski definition) is 0. The van der Waals surface area contributed by atoms with Crippen LogP contribution in [0.3, 0.4) is 0 Å². The van der Waals surface area contributed by atoms with Crippen molar-refractivity contribution in [3.8, 4) is 17.2 Å².